The summed E-state index contributed by atoms with van der Waals surface area (Å²) >= 11 is 0. The summed E-state index contributed by atoms with van der Waals surface area (Å²) in [7, 11) is 0. The molecule has 0 bridgehead atoms. The lowest BCUT2D eigenvalue weighted by Crippen LogP contribution is -2.27. The Morgan fingerprint density at radius 1 is 1.31 bits per heavy atom. The maximum Gasteiger partial charge on any atom is 0.221 e. The van der Waals surface area contributed by atoms with Crippen LogP contribution in [-0.2, 0) is 11.2 Å². The molecule has 1 aromatic carbocycles. The second-order valence-corrected chi connectivity index (χ2v) is 3.86. The van der Waals surface area contributed by atoms with Gasteiger partial charge in [0.15, 0.2) is 0 Å². The predicted molar refractivity (Wildman–Crippen MR) is 66.0 cm³/mol. The van der Waals surface area contributed by atoms with Gasteiger partial charge in [0, 0.05) is 19.0 Å². The number of carbonyl (C=O) groups excluding carboxylic acids is 1. The van der Waals surface area contributed by atoms with E-state index >= 15 is 0 Å². The zero-order valence-corrected chi connectivity index (χ0v) is 9.99. The summed E-state index contributed by atoms with van der Waals surface area (Å²) in [5.74, 6) is 0.00886. The van der Waals surface area contributed by atoms with Gasteiger partial charge in [-0.15, -0.1) is 0 Å². The van der Waals surface area contributed by atoms with Crippen LogP contribution < -0.4 is 11.1 Å². The van der Waals surface area contributed by atoms with Crippen molar-refractivity contribution in [1.82, 2.24) is 5.32 Å². The molecule has 1 atom stereocenters. The topological polar surface area (TPSA) is 55.1 Å². The molecule has 0 aromatic heterocycles. The second kappa shape index (κ2) is 6.28. The SMILES string of the molecule is CCNC(=O)CC(N)c1ccc(CC)cc1. The number of carbonyl (C=O) groups is 1. The predicted octanol–water partition coefficient (Wildman–Crippen LogP) is 1.77. The normalized spacial score (nSPS) is 12.2. The Bertz CT molecular complexity index is 332. The molecule has 1 aromatic rings. The Labute approximate surface area is 97.0 Å². The third-order valence-corrected chi connectivity index (χ3v) is 2.60. The van der Waals surface area contributed by atoms with Crippen LogP contribution in [0, 0.1) is 0 Å². The first-order valence-electron chi connectivity index (χ1n) is 5.78. The Kier molecular flexibility index (Phi) is 4.99. The van der Waals surface area contributed by atoms with Gasteiger partial charge in [0.1, 0.15) is 0 Å². The van der Waals surface area contributed by atoms with Crippen molar-refractivity contribution < 1.29 is 4.79 Å². The summed E-state index contributed by atoms with van der Waals surface area (Å²) in [5, 5.41) is 2.75. The molecule has 3 heteroatoms. The van der Waals surface area contributed by atoms with E-state index in [-0.39, 0.29) is 11.9 Å². The average molecular weight is 220 g/mol. The van der Waals surface area contributed by atoms with E-state index in [4.69, 9.17) is 5.73 Å². The maximum atomic E-state index is 11.4. The summed E-state index contributed by atoms with van der Waals surface area (Å²) in [6, 6.07) is 7.92. The van der Waals surface area contributed by atoms with Crippen molar-refractivity contribution in [1.29, 1.82) is 0 Å². The monoisotopic (exact) mass is 220 g/mol. The second-order valence-electron chi connectivity index (χ2n) is 3.86. The molecule has 88 valence electrons. The van der Waals surface area contributed by atoms with Crippen molar-refractivity contribution in [3.63, 3.8) is 0 Å². The zero-order chi connectivity index (χ0) is 12.0. The van der Waals surface area contributed by atoms with Crippen molar-refractivity contribution in [2.24, 2.45) is 5.73 Å². The minimum absolute atomic E-state index is 0.00886. The molecule has 0 saturated carbocycles. The molecule has 3 nitrogen and oxygen atoms in total. The molecule has 0 aliphatic rings. The van der Waals surface area contributed by atoms with Crippen LogP contribution in [0.5, 0.6) is 0 Å². The van der Waals surface area contributed by atoms with Crippen LogP contribution in [0.4, 0.5) is 0 Å². The molecule has 0 aliphatic carbocycles. The van der Waals surface area contributed by atoms with Crippen molar-refractivity contribution >= 4 is 5.91 Å². The van der Waals surface area contributed by atoms with Gasteiger partial charge in [0.25, 0.3) is 0 Å². The molecule has 0 radical (unpaired) electrons. The highest BCUT2D eigenvalue weighted by Gasteiger charge is 2.10. The number of nitrogens with two attached hydrogens (primary N) is 1. The fraction of sp³-hybridized carbons (Fsp3) is 0.462. The lowest BCUT2D eigenvalue weighted by Gasteiger charge is -2.12. The van der Waals surface area contributed by atoms with Crippen LogP contribution in [0.25, 0.3) is 0 Å². The summed E-state index contributed by atoms with van der Waals surface area (Å²) < 4.78 is 0. The van der Waals surface area contributed by atoms with Crippen LogP contribution >= 0.6 is 0 Å². The van der Waals surface area contributed by atoms with Gasteiger partial charge < -0.3 is 11.1 Å². The third-order valence-electron chi connectivity index (χ3n) is 2.60. The first-order valence-corrected chi connectivity index (χ1v) is 5.78. The molecule has 1 amide bonds. The van der Waals surface area contributed by atoms with Gasteiger partial charge in [-0.25, -0.2) is 0 Å². The number of hydrogen-bond donors (Lipinski definition) is 2. The largest absolute Gasteiger partial charge is 0.356 e. The van der Waals surface area contributed by atoms with E-state index in [2.05, 4.69) is 24.4 Å². The van der Waals surface area contributed by atoms with Gasteiger partial charge >= 0.3 is 0 Å². The van der Waals surface area contributed by atoms with Crippen LogP contribution in [0.3, 0.4) is 0 Å². The van der Waals surface area contributed by atoms with Crippen molar-refractivity contribution in [3.05, 3.63) is 35.4 Å². The molecule has 0 spiro atoms. The molecule has 1 rings (SSSR count). The number of aryl methyl sites for hydroxylation is 1. The summed E-state index contributed by atoms with van der Waals surface area (Å²) in [6.45, 7) is 4.67. The van der Waals surface area contributed by atoms with Gasteiger partial charge in [-0.1, -0.05) is 31.2 Å². The molecular formula is C13H20N2O. The first-order chi connectivity index (χ1) is 7.67. The van der Waals surface area contributed by atoms with Crippen molar-refractivity contribution in [3.8, 4) is 0 Å². The molecule has 0 aliphatic heterocycles. The van der Waals surface area contributed by atoms with Crippen LogP contribution in [0.15, 0.2) is 24.3 Å². The van der Waals surface area contributed by atoms with E-state index in [0.29, 0.717) is 13.0 Å². The number of amides is 1. The first kappa shape index (κ1) is 12.7. The quantitative estimate of drug-likeness (QED) is 0.794. The van der Waals surface area contributed by atoms with Gasteiger partial charge in [0.2, 0.25) is 5.91 Å². The smallest absolute Gasteiger partial charge is 0.221 e. The highest BCUT2D eigenvalue weighted by molar-refractivity contribution is 5.76. The minimum Gasteiger partial charge on any atom is -0.356 e. The lowest BCUT2D eigenvalue weighted by atomic mass is 10.0. The standard InChI is InChI=1S/C13H20N2O/c1-3-10-5-7-11(8-6-10)12(14)9-13(16)15-4-2/h5-8,12H,3-4,9,14H2,1-2H3,(H,15,16). The molecule has 0 fully saturated rings. The van der Waals surface area contributed by atoms with Crippen molar-refractivity contribution in [2.75, 3.05) is 6.54 Å². The van der Waals surface area contributed by atoms with Gasteiger partial charge in [-0.2, -0.15) is 0 Å². The third kappa shape index (κ3) is 3.66. The number of hydrogen-bond acceptors (Lipinski definition) is 2. The fourth-order valence-electron chi connectivity index (χ4n) is 1.59. The molecule has 3 N–H and O–H groups in total. The zero-order valence-electron chi connectivity index (χ0n) is 9.99. The summed E-state index contributed by atoms with van der Waals surface area (Å²) in [5.41, 5.74) is 8.26. The lowest BCUT2D eigenvalue weighted by molar-refractivity contribution is -0.121. The summed E-state index contributed by atoms with van der Waals surface area (Å²) in [4.78, 5) is 11.4. The summed E-state index contributed by atoms with van der Waals surface area (Å²) in [6.07, 6.45) is 1.37. The van der Waals surface area contributed by atoms with Crippen LogP contribution in [0.1, 0.15) is 37.4 Å². The van der Waals surface area contributed by atoms with Gasteiger partial charge in [0.05, 0.1) is 0 Å². The Balaban J connectivity index is 2.58. The van der Waals surface area contributed by atoms with Gasteiger partial charge in [-0.05, 0) is 24.5 Å². The fourth-order valence-corrected chi connectivity index (χ4v) is 1.59. The molecular weight excluding hydrogens is 200 g/mol. The van der Waals surface area contributed by atoms with E-state index in [0.717, 1.165) is 12.0 Å². The van der Waals surface area contributed by atoms with E-state index in [9.17, 15) is 4.79 Å². The minimum atomic E-state index is -0.211. The van der Waals surface area contributed by atoms with Crippen LogP contribution in [-0.4, -0.2) is 12.5 Å². The molecule has 16 heavy (non-hydrogen) atoms. The molecule has 0 saturated heterocycles. The number of nitrogens with one attached hydrogen (secondary N) is 1. The molecule has 1 unspecified atom stereocenters. The highest BCUT2D eigenvalue weighted by atomic mass is 16.1. The average Bonchev–Trinajstić information content (AvgIpc) is 2.29. The van der Waals surface area contributed by atoms with Crippen molar-refractivity contribution in [2.45, 2.75) is 32.7 Å². The van der Waals surface area contributed by atoms with E-state index in [1.165, 1.54) is 5.56 Å². The van der Waals surface area contributed by atoms with E-state index in [1.807, 2.05) is 19.1 Å². The highest BCUT2D eigenvalue weighted by Crippen LogP contribution is 2.15. The van der Waals surface area contributed by atoms with E-state index in [1.54, 1.807) is 0 Å². The van der Waals surface area contributed by atoms with Gasteiger partial charge in [-0.3, -0.25) is 4.79 Å². The Morgan fingerprint density at radius 3 is 2.44 bits per heavy atom. The van der Waals surface area contributed by atoms with Crippen LogP contribution in [0.2, 0.25) is 0 Å². The number of rotatable bonds is 5. The Morgan fingerprint density at radius 2 is 1.94 bits per heavy atom. The maximum absolute atomic E-state index is 11.4. The number of benzene rings is 1. The Hall–Kier alpha value is -1.35. The molecule has 0 heterocycles. The van der Waals surface area contributed by atoms with E-state index < -0.39 is 0 Å².